The van der Waals surface area contributed by atoms with Crippen LogP contribution in [0.5, 0.6) is 0 Å². The summed E-state index contributed by atoms with van der Waals surface area (Å²) in [5, 5.41) is 5.58. The number of hydrogen-bond acceptors (Lipinski definition) is 3. The number of anilines is 2. The van der Waals surface area contributed by atoms with Crippen molar-refractivity contribution in [2.75, 3.05) is 10.6 Å². The molecule has 0 aromatic heterocycles. The number of rotatable bonds is 6. The smallest absolute Gasteiger partial charge is 0.255 e. The standard InChI is InChI=1S/C23H20N2O3/c1-2-21(26)18-13-19(24-22(27)16-9-5-3-6-10-16)15-20(14-18)25-23(28)17-11-7-4-8-12-17/h3-15H,2H2,1H3,(H,24,27)(H,25,28). The van der Waals surface area contributed by atoms with Crippen molar-refractivity contribution < 1.29 is 14.4 Å². The van der Waals surface area contributed by atoms with Gasteiger partial charge in [0.15, 0.2) is 5.78 Å². The maximum Gasteiger partial charge on any atom is 0.255 e. The summed E-state index contributed by atoms with van der Waals surface area (Å²) < 4.78 is 0. The van der Waals surface area contributed by atoms with Crippen LogP contribution in [-0.4, -0.2) is 17.6 Å². The van der Waals surface area contributed by atoms with Gasteiger partial charge in [-0.25, -0.2) is 0 Å². The molecule has 3 aromatic rings. The number of carbonyl (C=O) groups excluding carboxylic acids is 3. The van der Waals surface area contributed by atoms with Gasteiger partial charge in [-0.05, 0) is 42.5 Å². The summed E-state index contributed by atoms with van der Waals surface area (Å²) in [6, 6.07) is 22.4. The lowest BCUT2D eigenvalue weighted by atomic mass is 10.1. The maximum atomic E-state index is 12.4. The monoisotopic (exact) mass is 372 g/mol. The van der Waals surface area contributed by atoms with Crippen molar-refractivity contribution >= 4 is 29.0 Å². The predicted octanol–water partition coefficient (Wildman–Crippen LogP) is 4.78. The molecule has 3 aromatic carbocycles. The third-order valence-electron chi connectivity index (χ3n) is 4.16. The summed E-state index contributed by atoms with van der Waals surface area (Å²) in [5.74, 6) is -0.657. The first-order chi connectivity index (χ1) is 13.6. The lowest BCUT2D eigenvalue weighted by molar-refractivity contribution is 0.0983. The molecule has 2 N–H and O–H groups in total. The van der Waals surface area contributed by atoms with Crippen molar-refractivity contribution in [3.05, 3.63) is 95.6 Å². The van der Waals surface area contributed by atoms with E-state index in [1.54, 1.807) is 73.7 Å². The van der Waals surface area contributed by atoms with E-state index in [4.69, 9.17) is 0 Å². The van der Waals surface area contributed by atoms with Crippen molar-refractivity contribution in [1.29, 1.82) is 0 Å². The average molecular weight is 372 g/mol. The molecule has 0 spiro atoms. The van der Waals surface area contributed by atoms with E-state index >= 15 is 0 Å². The van der Waals surface area contributed by atoms with Gasteiger partial charge in [0.2, 0.25) is 0 Å². The second-order valence-corrected chi connectivity index (χ2v) is 6.22. The van der Waals surface area contributed by atoms with E-state index in [0.29, 0.717) is 34.5 Å². The largest absolute Gasteiger partial charge is 0.322 e. The van der Waals surface area contributed by atoms with Gasteiger partial charge in [-0.3, -0.25) is 14.4 Å². The summed E-state index contributed by atoms with van der Waals surface area (Å²) in [7, 11) is 0. The van der Waals surface area contributed by atoms with Crippen LogP contribution in [0.3, 0.4) is 0 Å². The molecular formula is C23H20N2O3. The van der Waals surface area contributed by atoms with Crippen LogP contribution in [0.25, 0.3) is 0 Å². The molecule has 0 saturated carbocycles. The lowest BCUT2D eigenvalue weighted by Gasteiger charge is -2.12. The molecule has 0 unspecified atom stereocenters. The predicted molar refractivity (Wildman–Crippen MR) is 110 cm³/mol. The van der Waals surface area contributed by atoms with Gasteiger partial charge in [0.25, 0.3) is 11.8 Å². The molecule has 0 saturated heterocycles. The van der Waals surface area contributed by atoms with E-state index in [9.17, 15) is 14.4 Å². The first kappa shape index (κ1) is 19.0. The molecule has 5 nitrogen and oxygen atoms in total. The molecule has 0 aliphatic heterocycles. The van der Waals surface area contributed by atoms with Crippen LogP contribution >= 0.6 is 0 Å². The van der Waals surface area contributed by atoms with Gasteiger partial charge < -0.3 is 10.6 Å². The SMILES string of the molecule is CCC(=O)c1cc(NC(=O)c2ccccc2)cc(NC(=O)c2ccccc2)c1. The zero-order valence-corrected chi connectivity index (χ0v) is 15.4. The first-order valence-corrected chi connectivity index (χ1v) is 8.98. The molecule has 0 radical (unpaired) electrons. The van der Waals surface area contributed by atoms with E-state index < -0.39 is 0 Å². The van der Waals surface area contributed by atoms with Crippen molar-refractivity contribution in [3.63, 3.8) is 0 Å². The number of carbonyl (C=O) groups is 3. The number of Topliss-reactive ketones (excluding diaryl/α,β-unsaturated/α-hetero) is 1. The molecule has 5 heteroatoms. The molecule has 2 amide bonds. The minimum absolute atomic E-state index is 0.0778. The Balaban J connectivity index is 1.87. The zero-order chi connectivity index (χ0) is 19.9. The quantitative estimate of drug-likeness (QED) is 0.611. The van der Waals surface area contributed by atoms with E-state index in [1.807, 2.05) is 12.1 Å². The highest BCUT2D eigenvalue weighted by Crippen LogP contribution is 2.22. The Kier molecular flexibility index (Phi) is 5.97. The summed E-state index contributed by atoms with van der Waals surface area (Å²) in [6.07, 6.45) is 0.322. The topological polar surface area (TPSA) is 75.3 Å². The van der Waals surface area contributed by atoms with E-state index in [2.05, 4.69) is 10.6 Å². The summed E-state index contributed by atoms with van der Waals surface area (Å²) >= 11 is 0. The highest BCUT2D eigenvalue weighted by molar-refractivity contribution is 6.08. The van der Waals surface area contributed by atoms with Gasteiger partial charge in [-0.15, -0.1) is 0 Å². The summed E-state index contributed by atoms with van der Waals surface area (Å²) in [5.41, 5.74) is 2.32. The Bertz CT molecular complexity index is 927. The average Bonchev–Trinajstić information content (AvgIpc) is 2.74. The first-order valence-electron chi connectivity index (χ1n) is 8.98. The molecule has 0 fully saturated rings. The van der Waals surface area contributed by atoms with Crippen molar-refractivity contribution in [2.45, 2.75) is 13.3 Å². The van der Waals surface area contributed by atoms with E-state index in [1.165, 1.54) is 0 Å². The second-order valence-electron chi connectivity index (χ2n) is 6.22. The molecule has 0 heterocycles. The number of ketones is 1. The van der Waals surface area contributed by atoms with Crippen LogP contribution in [0, 0.1) is 0 Å². The maximum absolute atomic E-state index is 12.4. The fourth-order valence-corrected chi connectivity index (χ4v) is 2.72. The molecule has 0 atom stereocenters. The Morgan fingerprint density at radius 3 is 1.46 bits per heavy atom. The van der Waals surface area contributed by atoms with Gasteiger partial charge in [0, 0.05) is 34.5 Å². The molecule has 140 valence electrons. The lowest BCUT2D eigenvalue weighted by Crippen LogP contribution is -2.15. The van der Waals surface area contributed by atoms with Gasteiger partial charge in [-0.1, -0.05) is 43.3 Å². The Hall–Kier alpha value is -3.73. The van der Waals surface area contributed by atoms with Crippen LogP contribution in [-0.2, 0) is 0 Å². The van der Waals surface area contributed by atoms with Crippen LogP contribution in [0.2, 0.25) is 0 Å². The number of benzene rings is 3. The molecule has 3 rings (SSSR count). The van der Waals surface area contributed by atoms with Gasteiger partial charge in [0.1, 0.15) is 0 Å². The minimum atomic E-state index is -0.290. The normalized spacial score (nSPS) is 10.2. The molecule has 0 bridgehead atoms. The second kappa shape index (κ2) is 8.77. The fraction of sp³-hybridized carbons (Fsp3) is 0.0870. The third-order valence-corrected chi connectivity index (χ3v) is 4.16. The molecule has 28 heavy (non-hydrogen) atoms. The van der Waals surface area contributed by atoms with Gasteiger partial charge in [-0.2, -0.15) is 0 Å². The molecular weight excluding hydrogens is 352 g/mol. The highest BCUT2D eigenvalue weighted by Gasteiger charge is 2.12. The van der Waals surface area contributed by atoms with Crippen molar-refractivity contribution in [2.24, 2.45) is 0 Å². The third kappa shape index (κ3) is 4.71. The molecule has 0 aliphatic carbocycles. The van der Waals surface area contributed by atoms with Gasteiger partial charge in [0.05, 0.1) is 0 Å². The Morgan fingerprint density at radius 2 is 1.07 bits per heavy atom. The van der Waals surface area contributed by atoms with Crippen LogP contribution < -0.4 is 10.6 Å². The number of amides is 2. The van der Waals surface area contributed by atoms with Crippen LogP contribution in [0.4, 0.5) is 11.4 Å². The Labute approximate surface area is 163 Å². The molecule has 0 aliphatic rings. The van der Waals surface area contributed by atoms with E-state index in [0.717, 1.165) is 0 Å². The Morgan fingerprint density at radius 1 is 0.643 bits per heavy atom. The summed E-state index contributed by atoms with van der Waals surface area (Å²) in [4.78, 5) is 37.1. The minimum Gasteiger partial charge on any atom is -0.322 e. The van der Waals surface area contributed by atoms with Crippen molar-refractivity contribution in [3.8, 4) is 0 Å². The van der Waals surface area contributed by atoms with Gasteiger partial charge >= 0.3 is 0 Å². The number of hydrogen-bond donors (Lipinski definition) is 2. The zero-order valence-electron chi connectivity index (χ0n) is 15.4. The highest BCUT2D eigenvalue weighted by atomic mass is 16.2. The van der Waals surface area contributed by atoms with Crippen LogP contribution in [0.15, 0.2) is 78.9 Å². The summed E-state index contributed by atoms with van der Waals surface area (Å²) in [6.45, 7) is 1.76. The van der Waals surface area contributed by atoms with E-state index in [-0.39, 0.29) is 17.6 Å². The number of nitrogens with one attached hydrogen (secondary N) is 2. The van der Waals surface area contributed by atoms with Crippen LogP contribution in [0.1, 0.15) is 44.4 Å². The van der Waals surface area contributed by atoms with Crippen molar-refractivity contribution in [1.82, 2.24) is 0 Å². The fourth-order valence-electron chi connectivity index (χ4n) is 2.72.